The van der Waals surface area contributed by atoms with Gasteiger partial charge in [0.1, 0.15) is 0 Å². The zero-order chi connectivity index (χ0) is 15.0. The van der Waals surface area contributed by atoms with E-state index in [4.69, 9.17) is 0 Å². The molecule has 6 nitrogen and oxygen atoms in total. The zero-order valence-corrected chi connectivity index (χ0v) is 12.6. The molecular formula is C14H19N3O3S. The first-order valence-electron chi connectivity index (χ1n) is 7.05. The van der Waals surface area contributed by atoms with Crippen molar-refractivity contribution in [2.75, 3.05) is 16.3 Å². The molecule has 0 aliphatic carbocycles. The molecule has 1 amide bonds. The van der Waals surface area contributed by atoms with Gasteiger partial charge in [-0.2, -0.15) is 0 Å². The molecule has 2 bridgehead atoms. The zero-order valence-electron chi connectivity index (χ0n) is 11.8. The molecule has 3 unspecified atom stereocenters. The molecule has 3 N–H and O–H groups in total. The second-order valence-corrected chi connectivity index (χ2v) is 7.58. The van der Waals surface area contributed by atoms with Crippen molar-refractivity contribution in [3.63, 3.8) is 0 Å². The summed E-state index contributed by atoms with van der Waals surface area (Å²) in [5.74, 6) is 0.0153. The van der Waals surface area contributed by atoms with Crippen molar-refractivity contribution < 1.29 is 13.2 Å². The summed E-state index contributed by atoms with van der Waals surface area (Å²) in [5.41, 5.74) is 1.05. The summed E-state index contributed by atoms with van der Waals surface area (Å²) >= 11 is 0. The number of fused-ring (bicyclic) bond motifs is 2. The van der Waals surface area contributed by atoms with Crippen LogP contribution < -0.4 is 15.4 Å². The number of hydrogen-bond donors (Lipinski definition) is 3. The number of amides is 1. The third-order valence-corrected chi connectivity index (χ3v) is 4.68. The summed E-state index contributed by atoms with van der Waals surface area (Å²) in [7, 11) is -3.32. The molecule has 7 heteroatoms. The maximum absolute atomic E-state index is 12.3. The topological polar surface area (TPSA) is 87.3 Å². The second-order valence-electron chi connectivity index (χ2n) is 5.83. The molecule has 1 aromatic rings. The van der Waals surface area contributed by atoms with Gasteiger partial charge in [0, 0.05) is 17.8 Å². The molecule has 3 rings (SSSR count). The third kappa shape index (κ3) is 3.36. The quantitative estimate of drug-likeness (QED) is 0.778. The molecule has 0 spiro atoms. The predicted octanol–water partition coefficient (Wildman–Crippen LogP) is 1.14. The highest BCUT2D eigenvalue weighted by molar-refractivity contribution is 7.92. The van der Waals surface area contributed by atoms with E-state index in [2.05, 4.69) is 15.4 Å². The summed E-state index contributed by atoms with van der Waals surface area (Å²) in [6.45, 7) is 0. The van der Waals surface area contributed by atoms with Gasteiger partial charge < -0.3 is 10.6 Å². The number of rotatable bonds is 4. The van der Waals surface area contributed by atoms with Crippen molar-refractivity contribution >= 4 is 27.3 Å². The maximum atomic E-state index is 12.3. The lowest BCUT2D eigenvalue weighted by Crippen LogP contribution is -2.32. The first-order valence-corrected chi connectivity index (χ1v) is 8.94. The summed E-state index contributed by atoms with van der Waals surface area (Å²) < 4.78 is 24.8. The van der Waals surface area contributed by atoms with Crippen LogP contribution in [0.5, 0.6) is 0 Å². The Morgan fingerprint density at radius 1 is 1.29 bits per heavy atom. The number of carbonyl (C=O) groups is 1. The minimum atomic E-state index is -3.32. The molecule has 0 saturated carbocycles. The largest absolute Gasteiger partial charge is 0.326 e. The number of hydrogen-bond acceptors (Lipinski definition) is 4. The van der Waals surface area contributed by atoms with Gasteiger partial charge in [0.15, 0.2) is 0 Å². The monoisotopic (exact) mass is 309 g/mol. The van der Waals surface area contributed by atoms with Crippen molar-refractivity contribution in [2.24, 2.45) is 5.92 Å². The molecule has 2 aliphatic heterocycles. The molecule has 2 aliphatic rings. The van der Waals surface area contributed by atoms with Crippen LogP contribution >= 0.6 is 0 Å². The molecule has 1 aromatic carbocycles. The molecule has 2 saturated heterocycles. The number of sulfonamides is 1. The lowest BCUT2D eigenvalue weighted by atomic mass is 9.88. The Hall–Kier alpha value is -1.60. The highest BCUT2D eigenvalue weighted by Gasteiger charge is 2.42. The Bertz CT molecular complexity index is 659. The van der Waals surface area contributed by atoms with Crippen LogP contribution in [-0.4, -0.2) is 32.7 Å². The molecule has 0 radical (unpaired) electrons. The Morgan fingerprint density at radius 3 is 2.67 bits per heavy atom. The van der Waals surface area contributed by atoms with Gasteiger partial charge >= 0.3 is 0 Å². The summed E-state index contributed by atoms with van der Waals surface area (Å²) in [6, 6.07) is 7.50. The van der Waals surface area contributed by atoms with E-state index >= 15 is 0 Å². The fraction of sp³-hybridized carbons (Fsp3) is 0.500. The van der Waals surface area contributed by atoms with Gasteiger partial charge in [-0.1, -0.05) is 6.07 Å². The van der Waals surface area contributed by atoms with Gasteiger partial charge in [-0.25, -0.2) is 8.42 Å². The van der Waals surface area contributed by atoms with E-state index in [1.165, 1.54) is 0 Å². The van der Waals surface area contributed by atoms with Crippen LogP contribution in [0.15, 0.2) is 24.3 Å². The summed E-state index contributed by atoms with van der Waals surface area (Å²) in [6.07, 6.45) is 4.19. The normalized spacial score (nSPS) is 27.6. The minimum absolute atomic E-state index is 0.00575. The lowest BCUT2D eigenvalue weighted by molar-refractivity contribution is -0.120. The van der Waals surface area contributed by atoms with E-state index in [0.29, 0.717) is 17.4 Å². The van der Waals surface area contributed by atoms with Crippen LogP contribution in [0.25, 0.3) is 0 Å². The summed E-state index contributed by atoms with van der Waals surface area (Å²) in [4.78, 5) is 12.3. The van der Waals surface area contributed by atoms with Gasteiger partial charge in [-0.05, 0) is 37.5 Å². The first-order chi connectivity index (χ1) is 9.90. The van der Waals surface area contributed by atoms with Crippen LogP contribution in [0.3, 0.4) is 0 Å². The molecule has 2 heterocycles. The Morgan fingerprint density at radius 2 is 2.05 bits per heavy atom. The molecule has 114 valence electrons. The molecular weight excluding hydrogens is 290 g/mol. The van der Waals surface area contributed by atoms with Gasteiger partial charge in [0.25, 0.3) is 0 Å². The Kier molecular flexibility index (Phi) is 3.62. The predicted molar refractivity (Wildman–Crippen MR) is 81.6 cm³/mol. The van der Waals surface area contributed by atoms with Gasteiger partial charge in [0.05, 0.1) is 17.9 Å². The molecule has 21 heavy (non-hydrogen) atoms. The van der Waals surface area contributed by atoms with E-state index in [9.17, 15) is 13.2 Å². The summed E-state index contributed by atoms with van der Waals surface area (Å²) in [5, 5.41) is 6.32. The van der Waals surface area contributed by atoms with Gasteiger partial charge in [-0.3, -0.25) is 9.52 Å². The van der Waals surface area contributed by atoms with E-state index in [0.717, 1.165) is 25.5 Å². The smallest absolute Gasteiger partial charge is 0.229 e. The Labute approximate surface area is 124 Å². The van der Waals surface area contributed by atoms with Crippen molar-refractivity contribution in [3.05, 3.63) is 24.3 Å². The highest BCUT2D eigenvalue weighted by Crippen LogP contribution is 2.34. The Balaban J connectivity index is 1.67. The number of anilines is 2. The van der Waals surface area contributed by atoms with E-state index < -0.39 is 10.0 Å². The van der Waals surface area contributed by atoms with Crippen LogP contribution in [0.4, 0.5) is 11.4 Å². The number of nitrogens with one attached hydrogen (secondary N) is 3. The first kappa shape index (κ1) is 14.3. The molecule has 2 fully saturated rings. The SMILES string of the molecule is CS(=O)(=O)Nc1cccc(NC(=O)C2CC3CCC2N3)c1. The average Bonchev–Trinajstić information content (AvgIpc) is 2.99. The molecule has 0 aromatic heterocycles. The molecule has 3 atom stereocenters. The van der Waals surface area contributed by atoms with Crippen LogP contribution in [0.1, 0.15) is 19.3 Å². The van der Waals surface area contributed by atoms with Crippen LogP contribution in [-0.2, 0) is 14.8 Å². The second kappa shape index (κ2) is 5.31. The van der Waals surface area contributed by atoms with Gasteiger partial charge in [0.2, 0.25) is 15.9 Å². The fourth-order valence-electron chi connectivity index (χ4n) is 3.22. The fourth-order valence-corrected chi connectivity index (χ4v) is 3.78. The number of carbonyl (C=O) groups excluding carboxylic acids is 1. The lowest BCUT2D eigenvalue weighted by Gasteiger charge is -2.19. The average molecular weight is 309 g/mol. The third-order valence-electron chi connectivity index (χ3n) is 4.07. The van der Waals surface area contributed by atoms with Crippen molar-refractivity contribution in [1.82, 2.24) is 5.32 Å². The van der Waals surface area contributed by atoms with E-state index in [1.54, 1.807) is 24.3 Å². The standard InChI is InChI=1S/C14H19N3O3S/c1-21(19,20)17-11-4-2-3-9(7-11)16-14(18)12-8-10-5-6-13(12)15-10/h2-4,7,10,12-13,15,17H,5-6,8H2,1H3,(H,16,18). The van der Waals surface area contributed by atoms with Crippen LogP contribution in [0, 0.1) is 5.92 Å². The maximum Gasteiger partial charge on any atom is 0.229 e. The van der Waals surface area contributed by atoms with E-state index in [-0.39, 0.29) is 17.9 Å². The minimum Gasteiger partial charge on any atom is -0.326 e. The number of benzene rings is 1. The van der Waals surface area contributed by atoms with Gasteiger partial charge in [-0.15, -0.1) is 0 Å². The van der Waals surface area contributed by atoms with Crippen molar-refractivity contribution in [1.29, 1.82) is 0 Å². The van der Waals surface area contributed by atoms with Crippen molar-refractivity contribution in [3.8, 4) is 0 Å². The van der Waals surface area contributed by atoms with E-state index in [1.807, 2.05) is 0 Å². The van der Waals surface area contributed by atoms with Crippen LogP contribution in [0.2, 0.25) is 0 Å². The van der Waals surface area contributed by atoms with Crippen molar-refractivity contribution in [2.45, 2.75) is 31.3 Å². The highest BCUT2D eigenvalue weighted by atomic mass is 32.2.